The standard InChI is InChI=1S/C15H21NO5/c1-15(2,3)21-14(19)16-11(13(17)18)12(20-4)10-8-6-5-7-9-10/h5-9,11-12H,1-4H3,(H,16,19)(H,17,18)/t11-,12+/m0/s1. The first-order valence-corrected chi connectivity index (χ1v) is 6.54. The van der Waals surface area contributed by atoms with Crippen LogP contribution < -0.4 is 5.32 Å². The van der Waals surface area contributed by atoms with Gasteiger partial charge in [-0.25, -0.2) is 9.59 Å². The first kappa shape index (κ1) is 17.0. The van der Waals surface area contributed by atoms with Crippen LogP contribution in [0.1, 0.15) is 32.4 Å². The minimum atomic E-state index is -1.24. The van der Waals surface area contributed by atoms with Gasteiger partial charge in [-0.05, 0) is 26.3 Å². The highest BCUT2D eigenvalue weighted by Crippen LogP contribution is 2.21. The fraction of sp³-hybridized carbons (Fsp3) is 0.467. The Bertz CT molecular complexity index is 481. The number of rotatable bonds is 5. The molecule has 0 aliphatic carbocycles. The van der Waals surface area contributed by atoms with Crippen LogP contribution in [-0.2, 0) is 14.3 Å². The first-order chi connectivity index (χ1) is 9.74. The van der Waals surface area contributed by atoms with Gasteiger partial charge in [-0.3, -0.25) is 0 Å². The minimum Gasteiger partial charge on any atom is -0.480 e. The summed E-state index contributed by atoms with van der Waals surface area (Å²) in [6.45, 7) is 5.11. The second-order valence-electron chi connectivity index (χ2n) is 5.53. The lowest BCUT2D eigenvalue weighted by atomic mass is 10.0. The molecule has 21 heavy (non-hydrogen) atoms. The molecular formula is C15H21NO5. The van der Waals surface area contributed by atoms with Crippen molar-refractivity contribution < 1.29 is 24.2 Å². The molecule has 0 aliphatic rings. The topological polar surface area (TPSA) is 84.9 Å². The maximum atomic E-state index is 11.8. The van der Waals surface area contributed by atoms with Gasteiger partial charge in [-0.15, -0.1) is 0 Å². The number of carboxylic acids is 1. The molecule has 0 heterocycles. The average molecular weight is 295 g/mol. The van der Waals surface area contributed by atoms with E-state index in [4.69, 9.17) is 9.47 Å². The van der Waals surface area contributed by atoms with Crippen molar-refractivity contribution in [2.45, 2.75) is 38.5 Å². The Kier molecular flexibility index (Phi) is 5.72. The molecule has 0 fully saturated rings. The number of nitrogens with one attached hydrogen (secondary N) is 1. The highest BCUT2D eigenvalue weighted by Gasteiger charge is 2.32. The third-order valence-corrected chi connectivity index (χ3v) is 2.62. The zero-order valence-electron chi connectivity index (χ0n) is 12.6. The van der Waals surface area contributed by atoms with Crippen LogP contribution in [0.4, 0.5) is 4.79 Å². The molecule has 2 atom stereocenters. The lowest BCUT2D eigenvalue weighted by Crippen LogP contribution is -2.47. The van der Waals surface area contributed by atoms with E-state index in [0.29, 0.717) is 5.56 Å². The Labute approximate surface area is 124 Å². The molecule has 0 aromatic heterocycles. The van der Waals surface area contributed by atoms with Crippen LogP contribution in [0.15, 0.2) is 30.3 Å². The number of hydrogen-bond acceptors (Lipinski definition) is 4. The molecule has 6 nitrogen and oxygen atoms in total. The summed E-state index contributed by atoms with van der Waals surface area (Å²) in [6, 6.07) is 7.59. The number of methoxy groups -OCH3 is 1. The Morgan fingerprint density at radius 1 is 1.19 bits per heavy atom. The molecule has 0 spiro atoms. The fourth-order valence-electron chi connectivity index (χ4n) is 1.81. The van der Waals surface area contributed by atoms with E-state index in [1.54, 1.807) is 45.0 Å². The summed E-state index contributed by atoms with van der Waals surface area (Å²) in [5.41, 5.74) is -0.0499. The number of carboxylic acid groups (broad SMARTS) is 1. The lowest BCUT2D eigenvalue weighted by molar-refractivity contribution is -0.143. The summed E-state index contributed by atoms with van der Waals surface area (Å²) in [5, 5.41) is 11.7. The smallest absolute Gasteiger partial charge is 0.408 e. The summed E-state index contributed by atoms with van der Waals surface area (Å²) >= 11 is 0. The van der Waals surface area contributed by atoms with Crippen molar-refractivity contribution in [3.63, 3.8) is 0 Å². The predicted octanol–water partition coefficient (Wildman–Crippen LogP) is 2.35. The number of aliphatic carboxylic acids is 1. The Morgan fingerprint density at radius 3 is 2.19 bits per heavy atom. The molecule has 0 bridgehead atoms. The van der Waals surface area contributed by atoms with Crippen molar-refractivity contribution in [1.29, 1.82) is 0 Å². The molecule has 0 saturated carbocycles. The Hall–Kier alpha value is -2.08. The SMILES string of the molecule is CO[C@H](c1ccccc1)[C@H](NC(=O)OC(C)(C)C)C(=O)O. The van der Waals surface area contributed by atoms with Gasteiger partial charge >= 0.3 is 12.1 Å². The molecule has 1 aromatic carbocycles. The van der Waals surface area contributed by atoms with E-state index >= 15 is 0 Å². The third kappa shape index (κ3) is 5.43. The van der Waals surface area contributed by atoms with E-state index in [0.717, 1.165) is 0 Å². The Balaban J connectivity index is 2.90. The molecule has 0 radical (unpaired) electrons. The zero-order valence-corrected chi connectivity index (χ0v) is 12.6. The number of carbonyl (C=O) groups is 2. The summed E-state index contributed by atoms with van der Waals surface area (Å²) in [5.74, 6) is -1.20. The van der Waals surface area contributed by atoms with Crippen molar-refractivity contribution in [3.8, 4) is 0 Å². The number of benzene rings is 1. The van der Waals surface area contributed by atoms with Crippen LogP contribution in [0.3, 0.4) is 0 Å². The molecule has 1 rings (SSSR count). The van der Waals surface area contributed by atoms with Crippen molar-refractivity contribution >= 4 is 12.1 Å². The van der Waals surface area contributed by atoms with Crippen molar-refractivity contribution in [2.24, 2.45) is 0 Å². The normalized spacial score (nSPS) is 14.1. The van der Waals surface area contributed by atoms with Gasteiger partial charge < -0.3 is 19.9 Å². The van der Waals surface area contributed by atoms with Gasteiger partial charge in [0.25, 0.3) is 0 Å². The van der Waals surface area contributed by atoms with Crippen molar-refractivity contribution in [1.82, 2.24) is 5.32 Å². The summed E-state index contributed by atoms with van der Waals surface area (Å²) in [7, 11) is 1.39. The van der Waals surface area contributed by atoms with Gasteiger partial charge in [0, 0.05) is 7.11 Å². The van der Waals surface area contributed by atoms with Crippen LogP contribution in [0.5, 0.6) is 0 Å². The number of alkyl carbamates (subject to hydrolysis) is 1. The third-order valence-electron chi connectivity index (χ3n) is 2.62. The van der Waals surface area contributed by atoms with Crippen molar-refractivity contribution in [3.05, 3.63) is 35.9 Å². The van der Waals surface area contributed by atoms with E-state index in [-0.39, 0.29) is 0 Å². The maximum Gasteiger partial charge on any atom is 0.408 e. The van der Waals surface area contributed by atoms with Gasteiger partial charge in [0.1, 0.15) is 11.7 Å². The molecule has 0 aliphatic heterocycles. The molecule has 1 amide bonds. The van der Waals surface area contributed by atoms with Gasteiger partial charge in [0.05, 0.1) is 0 Å². The minimum absolute atomic E-state index is 0.656. The van der Waals surface area contributed by atoms with E-state index in [2.05, 4.69) is 5.32 Å². The van der Waals surface area contributed by atoms with Crippen LogP contribution in [-0.4, -0.2) is 35.9 Å². The predicted molar refractivity (Wildman–Crippen MR) is 77.0 cm³/mol. The van der Waals surface area contributed by atoms with Gasteiger partial charge in [0.2, 0.25) is 0 Å². The quantitative estimate of drug-likeness (QED) is 0.871. The number of amides is 1. The molecule has 2 N–H and O–H groups in total. The molecule has 0 saturated heterocycles. The average Bonchev–Trinajstić information content (AvgIpc) is 2.37. The van der Waals surface area contributed by atoms with Gasteiger partial charge in [0.15, 0.2) is 6.04 Å². The zero-order chi connectivity index (χ0) is 16.0. The second kappa shape index (κ2) is 7.08. The highest BCUT2D eigenvalue weighted by atomic mass is 16.6. The van der Waals surface area contributed by atoms with E-state index in [1.807, 2.05) is 6.07 Å². The largest absolute Gasteiger partial charge is 0.480 e. The Morgan fingerprint density at radius 2 is 1.76 bits per heavy atom. The van der Waals surface area contributed by atoms with Crippen molar-refractivity contribution in [2.75, 3.05) is 7.11 Å². The van der Waals surface area contributed by atoms with Gasteiger partial charge in [-0.1, -0.05) is 30.3 Å². The van der Waals surface area contributed by atoms with Crippen LogP contribution >= 0.6 is 0 Å². The first-order valence-electron chi connectivity index (χ1n) is 6.54. The second-order valence-corrected chi connectivity index (χ2v) is 5.53. The van der Waals surface area contributed by atoms with Crippen LogP contribution in [0.2, 0.25) is 0 Å². The monoisotopic (exact) mass is 295 g/mol. The lowest BCUT2D eigenvalue weighted by Gasteiger charge is -2.26. The summed E-state index contributed by atoms with van der Waals surface area (Å²) in [4.78, 5) is 23.2. The number of ether oxygens (including phenoxy) is 2. The van der Waals surface area contributed by atoms with E-state index in [9.17, 15) is 14.7 Å². The molecular weight excluding hydrogens is 274 g/mol. The van der Waals surface area contributed by atoms with E-state index < -0.39 is 29.8 Å². The number of carbonyl (C=O) groups excluding carboxylic acids is 1. The van der Waals surface area contributed by atoms with Crippen LogP contribution in [0, 0.1) is 0 Å². The maximum absolute atomic E-state index is 11.8. The van der Waals surface area contributed by atoms with Crippen LogP contribution in [0.25, 0.3) is 0 Å². The van der Waals surface area contributed by atoms with Gasteiger partial charge in [-0.2, -0.15) is 0 Å². The molecule has 0 unspecified atom stereocenters. The highest BCUT2D eigenvalue weighted by molar-refractivity contribution is 5.81. The number of hydrogen-bond donors (Lipinski definition) is 2. The molecule has 1 aromatic rings. The summed E-state index contributed by atoms with van der Waals surface area (Å²) in [6.07, 6.45) is -1.61. The fourth-order valence-corrected chi connectivity index (χ4v) is 1.81. The summed E-state index contributed by atoms with van der Waals surface area (Å²) < 4.78 is 10.3. The van der Waals surface area contributed by atoms with E-state index in [1.165, 1.54) is 7.11 Å². The molecule has 6 heteroatoms. The molecule has 116 valence electrons.